The first-order chi connectivity index (χ1) is 12.2. The van der Waals surface area contributed by atoms with Gasteiger partial charge in [-0.3, -0.25) is 4.79 Å². The minimum absolute atomic E-state index is 0.130. The Bertz CT molecular complexity index is 543. The summed E-state index contributed by atoms with van der Waals surface area (Å²) in [6, 6.07) is 8.22. The van der Waals surface area contributed by atoms with E-state index >= 15 is 0 Å². The highest BCUT2D eigenvalue weighted by Crippen LogP contribution is 2.20. The van der Waals surface area contributed by atoms with Crippen molar-refractivity contribution in [2.24, 2.45) is 0 Å². The van der Waals surface area contributed by atoms with E-state index in [9.17, 15) is 4.79 Å². The molecule has 0 spiro atoms. The molecule has 5 heteroatoms. The molecule has 4 nitrogen and oxygen atoms in total. The van der Waals surface area contributed by atoms with Gasteiger partial charge in [-0.2, -0.15) is 11.8 Å². The number of rotatable bonds is 5. The van der Waals surface area contributed by atoms with Crippen molar-refractivity contribution in [3.8, 4) is 5.75 Å². The molecule has 1 amide bonds. The molecule has 2 heterocycles. The van der Waals surface area contributed by atoms with Gasteiger partial charge in [0.15, 0.2) is 6.61 Å². The number of hydrogen-bond donors (Lipinski definition) is 0. The van der Waals surface area contributed by atoms with Gasteiger partial charge in [0.05, 0.1) is 6.04 Å². The fraction of sp³-hybridized carbons (Fsp3) is 0.650. The lowest BCUT2D eigenvalue weighted by Gasteiger charge is -2.35. The Morgan fingerprint density at radius 3 is 2.64 bits per heavy atom. The van der Waals surface area contributed by atoms with Crippen molar-refractivity contribution in [3.63, 3.8) is 0 Å². The van der Waals surface area contributed by atoms with Crippen LogP contribution in [0.4, 0.5) is 0 Å². The third-order valence-corrected chi connectivity index (χ3v) is 6.26. The molecule has 1 unspecified atom stereocenters. The standard InChI is InChI=1S/C20H30N2O2S/c1-17-6-8-19(9-7-17)24-15-20(23)22-12-5-13-25-16-18(22)14-21-10-3-2-4-11-21/h6-9,18H,2-5,10-16H2,1H3. The average Bonchev–Trinajstić information content (AvgIpc) is 2.87. The number of carbonyl (C=O) groups is 1. The lowest BCUT2D eigenvalue weighted by Crippen LogP contribution is -2.50. The fourth-order valence-corrected chi connectivity index (χ4v) is 4.67. The summed E-state index contributed by atoms with van der Waals surface area (Å²) in [4.78, 5) is 17.4. The van der Waals surface area contributed by atoms with Crippen LogP contribution in [0.15, 0.2) is 24.3 Å². The number of ether oxygens (including phenoxy) is 1. The molecule has 2 aliphatic rings. The molecule has 2 aliphatic heterocycles. The molecule has 0 aliphatic carbocycles. The number of amides is 1. The predicted octanol–water partition coefficient (Wildman–Crippen LogP) is 3.19. The summed E-state index contributed by atoms with van der Waals surface area (Å²) in [6.07, 6.45) is 5.02. The van der Waals surface area contributed by atoms with Crippen LogP contribution in [0.5, 0.6) is 5.75 Å². The first-order valence-electron chi connectivity index (χ1n) is 9.51. The Labute approximate surface area is 155 Å². The Balaban J connectivity index is 1.57. The highest BCUT2D eigenvalue weighted by molar-refractivity contribution is 7.99. The van der Waals surface area contributed by atoms with Crippen molar-refractivity contribution in [2.45, 2.75) is 38.6 Å². The lowest BCUT2D eigenvalue weighted by atomic mass is 10.1. The number of aryl methyl sites for hydroxylation is 1. The summed E-state index contributed by atoms with van der Waals surface area (Å²) >= 11 is 1.99. The van der Waals surface area contributed by atoms with Crippen LogP contribution in [0, 0.1) is 6.92 Å². The predicted molar refractivity (Wildman–Crippen MR) is 104 cm³/mol. The van der Waals surface area contributed by atoms with E-state index in [1.807, 2.05) is 36.0 Å². The first kappa shape index (κ1) is 18.6. The normalized spacial score (nSPS) is 22.4. The Morgan fingerprint density at radius 1 is 1.12 bits per heavy atom. The number of piperidine rings is 1. The van der Waals surface area contributed by atoms with E-state index in [-0.39, 0.29) is 12.5 Å². The molecule has 0 radical (unpaired) electrons. The molecule has 1 aromatic rings. The molecule has 2 fully saturated rings. The van der Waals surface area contributed by atoms with Crippen molar-refractivity contribution < 1.29 is 9.53 Å². The highest BCUT2D eigenvalue weighted by Gasteiger charge is 2.28. The second-order valence-electron chi connectivity index (χ2n) is 7.13. The van der Waals surface area contributed by atoms with Gasteiger partial charge >= 0.3 is 0 Å². The monoisotopic (exact) mass is 362 g/mol. The molecule has 1 aromatic carbocycles. The van der Waals surface area contributed by atoms with Crippen LogP contribution < -0.4 is 4.74 Å². The summed E-state index contributed by atoms with van der Waals surface area (Å²) in [5.41, 5.74) is 1.20. The zero-order valence-electron chi connectivity index (χ0n) is 15.3. The first-order valence-corrected chi connectivity index (χ1v) is 10.7. The van der Waals surface area contributed by atoms with E-state index in [0.717, 1.165) is 36.8 Å². The number of nitrogens with zero attached hydrogens (tertiary/aromatic N) is 2. The van der Waals surface area contributed by atoms with Crippen molar-refractivity contribution in [1.29, 1.82) is 0 Å². The lowest BCUT2D eigenvalue weighted by molar-refractivity contribution is -0.135. The van der Waals surface area contributed by atoms with Crippen LogP contribution in [-0.2, 0) is 4.79 Å². The highest BCUT2D eigenvalue weighted by atomic mass is 32.2. The van der Waals surface area contributed by atoms with Gasteiger partial charge in [0.2, 0.25) is 0 Å². The third kappa shape index (κ3) is 5.65. The molecule has 0 saturated carbocycles. The van der Waals surface area contributed by atoms with Gasteiger partial charge in [0.25, 0.3) is 5.91 Å². The van der Waals surface area contributed by atoms with Gasteiger partial charge in [-0.05, 0) is 57.2 Å². The van der Waals surface area contributed by atoms with Crippen molar-refractivity contribution in [1.82, 2.24) is 9.80 Å². The van der Waals surface area contributed by atoms with Crippen LogP contribution in [0.3, 0.4) is 0 Å². The van der Waals surface area contributed by atoms with Crippen LogP contribution in [-0.4, -0.2) is 66.0 Å². The Morgan fingerprint density at radius 2 is 1.88 bits per heavy atom. The number of likely N-dealkylation sites (tertiary alicyclic amines) is 1. The maximum Gasteiger partial charge on any atom is 0.260 e. The number of benzene rings is 1. The van der Waals surface area contributed by atoms with Crippen LogP contribution >= 0.6 is 11.8 Å². The van der Waals surface area contributed by atoms with E-state index in [4.69, 9.17) is 4.74 Å². The van der Waals surface area contributed by atoms with Gasteiger partial charge in [-0.15, -0.1) is 0 Å². The fourth-order valence-electron chi connectivity index (χ4n) is 3.61. The second-order valence-corrected chi connectivity index (χ2v) is 8.28. The van der Waals surface area contributed by atoms with Gasteiger partial charge in [-0.25, -0.2) is 0 Å². The zero-order chi connectivity index (χ0) is 17.5. The molecule has 0 N–H and O–H groups in total. The molecule has 0 aromatic heterocycles. The minimum atomic E-state index is 0.130. The van der Waals surface area contributed by atoms with Gasteiger partial charge in [0, 0.05) is 18.8 Å². The number of hydrogen-bond acceptors (Lipinski definition) is 4. The van der Waals surface area contributed by atoms with Gasteiger partial charge in [0.1, 0.15) is 5.75 Å². The van der Waals surface area contributed by atoms with Crippen LogP contribution in [0.1, 0.15) is 31.2 Å². The molecule has 3 rings (SSSR count). The number of thioether (sulfide) groups is 1. The van der Waals surface area contributed by atoms with Crippen LogP contribution in [0.25, 0.3) is 0 Å². The summed E-state index contributed by atoms with van der Waals surface area (Å²) in [5, 5.41) is 0. The molecule has 25 heavy (non-hydrogen) atoms. The largest absolute Gasteiger partial charge is 0.484 e. The third-order valence-electron chi connectivity index (χ3n) is 5.06. The summed E-state index contributed by atoms with van der Waals surface area (Å²) in [5.74, 6) is 3.10. The maximum atomic E-state index is 12.8. The van der Waals surface area contributed by atoms with Crippen molar-refractivity contribution >= 4 is 17.7 Å². The Kier molecular flexibility index (Phi) is 7.05. The molecule has 0 bridgehead atoms. The van der Waals surface area contributed by atoms with Crippen molar-refractivity contribution in [2.75, 3.05) is 44.3 Å². The Hall–Kier alpha value is -1.20. The number of carbonyl (C=O) groups excluding carboxylic acids is 1. The van der Waals surface area contributed by atoms with E-state index in [0.29, 0.717) is 6.04 Å². The van der Waals surface area contributed by atoms with Crippen LogP contribution in [0.2, 0.25) is 0 Å². The SMILES string of the molecule is Cc1ccc(OCC(=O)N2CCCSCC2CN2CCCCC2)cc1. The molecule has 2 saturated heterocycles. The summed E-state index contributed by atoms with van der Waals surface area (Å²) in [6.45, 7) is 6.44. The van der Waals surface area contributed by atoms with E-state index in [2.05, 4.69) is 16.7 Å². The van der Waals surface area contributed by atoms with Gasteiger partial charge in [-0.1, -0.05) is 24.1 Å². The minimum Gasteiger partial charge on any atom is -0.484 e. The molecule has 1 atom stereocenters. The smallest absolute Gasteiger partial charge is 0.260 e. The maximum absolute atomic E-state index is 12.8. The van der Waals surface area contributed by atoms with Crippen molar-refractivity contribution in [3.05, 3.63) is 29.8 Å². The van der Waals surface area contributed by atoms with Gasteiger partial charge < -0.3 is 14.5 Å². The molecule has 138 valence electrons. The van der Waals surface area contributed by atoms with E-state index in [1.165, 1.54) is 37.9 Å². The topological polar surface area (TPSA) is 32.8 Å². The summed E-state index contributed by atoms with van der Waals surface area (Å²) in [7, 11) is 0. The zero-order valence-corrected chi connectivity index (χ0v) is 16.1. The average molecular weight is 363 g/mol. The summed E-state index contributed by atoms with van der Waals surface area (Å²) < 4.78 is 5.74. The molecular formula is C20H30N2O2S. The van der Waals surface area contributed by atoms with E-state index < -0.39 is 0 Å². The second kappa shape index (κ2) is 9.48. The molecular weight excluding hydrogens is 332 g/mol. The quantitative estimate of drug-likeness (QED) is 0.805. The van der Waals surface area contributed by atoms with E-state index in [1.54, 1.807) is 0 Å².